The van der Waals surface area contributed by atoms with Gasteiger partial charge in [-0.05, 0) is 37.9 Å². The Kier molecular flexibility index (Phi) is 4.81. The summed E-state index contributed by atoms with van der Waals surface area (Å²) in [6.45, 7) is 1.71. The molecule has 2 N–H and O–H groups in total. The highest BCUT2D eigenvalue weighted by atomic mass is 16.5. The van der Waals surface area contributed by atoms with Gasteiger partial charge in [0.1, 0.15) is 5.75 Å². The molecule has 1 atom stereocenters. The Labute approximate surface area is 136 Å². The zero-order valence-corrected chi connectivity index (χ0v) is 13.4. The van der Waals surface area contributed by atoms with Crippen LogP contribution in [0.5, 0.6) is 5.75 Å². The number of hydrogen-bond donors (Lipinski definition) is 2. The molecule has 23 heavy (non-hydrogen) atoms. The fourth-order valence-electron chi connectivity index (χ4n) is 3.25. The van der Waals surface area contributed by atoms with E-state index in [2.05, 4.69) is 10.6 Å². The summed E-state index contributed by atoms with van der Waals surface area (Å²) < 4.78 is 5.40. The summed E-state index contributed by atoms with van der Waals surface area (Å²) in [5, 5.41) is 6.23. The predicted octanol–water partition coefficient (Wildman–Crippen LogP) is 1.90. The second kappa shape index (κ2) is 7.00. The number of benzene rings is 1. The number of carbonyl (C=O) groups is 2. The summed E-state index contributed by atoms with van der Waals surface area (Å²) in [7, 11) is 1.58. The molecule has 2 saturated heterocycles. The van der Waals surface area contributed by atoms with Crippen molar-refractivity contribution in [2.45, 2.75) is 38.1 Å². The van der Waals surface area contributed by atoms with E-state index in [1.54, 1.807) is 18.1 Å². The SMILES string of the molecule is COc1cc(NC(=O)CC2CCCN2)ccc1N1CCCC1=O. The van der Waals surface area contributed by atoms with Gasteiger partial charge in [0.2, 0.25) is 11.8 Å². The number of carbonyl (C=O) groups excluding carboxylic acids is 2. The summed E-state index contributed by atoms with van der Waals surface area (Å²) >= 11 is 0. The number of hydrogen-bond acceptors (Lipinski definition) is 4. The largest absolute Gasteiger partial charge is 0.494 e. The second-order valence-corrected chi connectivity index (χ2v) is 6.08. The fraction of sp³-hybridized carbons (Fsp3) is 0.529. The van der Waals surface area contributed by atoms with Gasteiger partial charge in [0.15, 0.2) is 0 Å². The number of methoxy groups -OCH3 is 1. The molecular formula is C17H23N3O3. The van der Waals surface area contributed by atoms with Crippen molar-refractivity contribution < 1.29 is 14.3 Å². The minimum absolute atomic E-state index is 0.00329. The summed E-state index contributed by atoms with van der Waals surface area (Å²) in [6.07, 6.45) is 4.11. The summed E-state index contributed by atoms with van der Waals surface area (Å²) in [6, 6.07) is 5.72. The number of ether oxygens (including phenoxy) is 1. The zero-order valence-electron chi connectivity index (χ0n) is 13.4. The van der Waals surface area contributed by atoms with Gasteiger partial charge in [0, 0.05) is 37.2 Å². The summed E-state index contributed by atoms with van der Waals surface area (Å²) in [5.41, 5.74) is 1.46. The Morgan fingerprint density at radius 1 is 1.43 bits per heavy atom. The van der Waals surface area contributed by atoms with Crippen LogP contribution in [0.3, 0.4) is 0 Å². The maximum atomic E-state index is 12.1. The highest BCUT2D eigenvalue weighted by Crippen LogP contribution is 2.33. The van der Waals surface area contributed by atoms with Gasteiger partial charge in [-0.1, -0.05) is 0 Å². The van der Waals surface area contributed by atoms with Gasteiger partial charge >= 0.3 is 0 Å². The van der Waals surface area contributed by atoms with Crippen molar-refractivity contribution in [1.29, 1.82) is 0 Å². The molecule has 1 unspecified atom stereocenters. The normalized spacial score (nSPS) is 20.8. The monoisotopic (exact) mass is 317 g/mol. The highest BCUT2D eigenvalue weighted by Gasteiger charge is 2.25. The van der Waals surface area contributed by atoms with Gasteiger partial charge in [-0.15, -0.1) is 0 Å². The van der Waals surface area contributed by atoms with Crippen molar-refractivity contribution in [1.82, 2.24) is 5.32 Å². The number of nitrogens with one attached hydrogen (secondary N) is 2. The minimum atomic E-state index is -0.00329. The standard InChI is InChI=1S/C17H23N3O3/c1-23-15-10-13(19-16(21)11-12-4-2-8-18-12)6-7-14(15)20-9-3-5-17(20)22/h6-7,10,12,18H,2-5,8-9,11H2,1H3,(H,19,21). The molecule has 0 aromatic heterocycles. The molecule has 0 bridgehead atoms. The van der Waals surface area contributed by atoms with Crippen molar-refractivity contribution >= 4 is 23.2 Å². The van der Waals surface area contributed by atoms with Crippen LogP contribution in [0.15, 0.2) is 18.2 Å². The van der Waals surface area contributed by atoms with Crippen LogP contribution in [0, 0.1) is 0 Å². The lowest BCUT2D eigenvalue weighted by Gasteiger charge is -2.20. The van der Waals surface area contributed by atoms with Gasteiger partial charge < -0.3 is 20.3 Å². The lowest BCUT2D eigenvalue weighted by atomic mass is 10.1. The van der Waals surface area contributed by atoms with E-state index in [1.807, 2.05) is 12.1 Å². The van der Waals surface area contributed by atoms with Crippen LogP contribution in [0.1, 0.15) is 32.1 Å². The van der Waals surface area contributed by atoms with E-state index < -0.39 is 0 Å². The molecule has 0 spiro atoms. The fourth-order valence-corrected chi connectivity index (χ4v) is 3.25. The van der Waals surface area contributed by atoms with Gasteiger partial charge in [-0.25, -0.2) is 0 Å². The van der Waals surface area contributed by atoms with Gasteiger partial charge in [-0.3, -0.25) is 9.59 Å². The van der Waals surface area contributed by atoms with Crippen molar-refractivity contribution in [2.75, 3.05) is 30.4 Å². The summed E-state index contributed by atoms with van der Waals surface area (Å²) in [5.74, 6) is 0.723. The highest BCUT2D eigenvalue weighted by molar-refractivity contribution is 5.98. The molecule has 124 valence electrons. The second-order valence-electron chi connectivity index (χ2n) is 6.08. The topological polar surface area (TPSA) is 70.7 Å². The van der Waals surface area contributed by atoms with Crippen molar-refractivity contribution in [2.24, 2.45) is 0 Å². The predicted molar refractivity (Wildman–Crippen MR) is 88.9 cm³/mol. The third-order valence-corrected chi connectivity index (χ3v) is 4.42. The Morgan fingerprint density at radius 2 is 2.30 bits per heavy atom. The molecule has 0 saturated carbocycles. The van der Waals surface area contributed by atoms with Crippen LogP contribution in [0.25, 0.3) is 0 Å². The molecule has 0 aliphatic carbocycles. The molecular weight excluding hydrogens is 294 g/mol. The van der Waals surface area contributed by atoms with E-state index in [-0.39, 0.29) is 17.9 Å². The lowest BCUT2D eigenvalue weighted by molar-refractivity contribution is -0.117. The molecule has 2 aliphatic heterocycles. The first-order chi connectivity index (χ1) is 11.2. The molecule has 1 aromatic rings. The van der Waals surface area contributed by atoms with E-state index >= 15 is 0 Å². The van der Waals surface area contributed by atoms with Crippen LogP contribution >= 0.6 is 0 Å². The van der Waals surface area contributed by atoms with E-state index in [0.717, 1.165) is 31.5 Å². The van der Waals surface area contributed by atoms with Gasteiger partial charge in [-0.2, -0.15) is 0 Å². The maximum absolute atomic E-state index is 12.1. The Morgan fingerprint density at radius 3 is 2.96 bits per heavy atom. The van der Waals surface area contributed by atoms with E-state index in [1.165, 1.54) is 0 Å². The van der Waals surface area contributed by atoms with E-state index in [0.29, 0.717) is 30.8 Å². The number of amides is 2. The Hall–Kier alpha value is -2.08. The third-order valence-electron chi connectivity index (χ3n) is 4.42. The third kappa shape index (κ3) is 3.64. The first-order valence-corrected chi connectivity index (χ1v) is 8.19. The summed E-state index contributed by atoms with van der Waals surface area (Å²) in [4.78, 5) is 25.7. The molecule has 2 heterocycles. The smallest absolute Gasteiger partial charge is 0.227 e. The number of rotatable bonds is 5. The molecule has 1 aromatic carbocycles. The molecule has 6 heteroatoms. The molecule has 3 rings (SSSR count). The number of anilines is 2. The average molecular weight is 317 g/mol. The average Bonchev–Trinajstić information content (AvgIpc) is 3.19. The van der Waals surface area contributed by atoms with Gasteiger partial charge in [0.05, 0.1) is 12.8 Å². The van der Waals surface area contributed by atoms with Crippen LogP contribution in [-0.2, 0) is 9.59 Å². The minimum Gasteiger partial charge on any atom is -0.494 e. The van der Waals surface area contributed by atoms with Crippen molar-refractivity contribution in [3.63, 3.8) is 0 Å². The Balaban J connectivity index is 1.68. The zero-order chi connectivity index (χ0) is 16.2. The molecule has 2 amide bonds. The number of nitrogens with zero attached hydrogens (tertiary/aromatic N) is 1. The van der Waals surface area contributed by atoms with Crippen LogP contribution in [0.2, 0.25) is 0 Å². The van der Waals surface area contributed by atoms with Crippen LogP contribution in [-0.4, -0.2) is 38.1 Å². The van der Waals surface area contributed by atoms with E-state index in [4.69, 9.17) is 4.74 Å². The molecule has 6 nitrogen and oxygen atoms in total. The quantitative estimate of drug-likeness (QED) is 0.870. The molecule has 2 fully saturated rings. The van der Waals surface area contributed by atoms with E-state index in [9.17, 15) is 9.59 Å². The molecule has 0 radical (unpaired) electrons. The van der Waals surface area contributed by atoms with Crippen LogP contribution < -0.4 is 20.3 Å². The Bertz CT molecular complexity index is 597. The van der Waals surface area contributed by atoms with Gasteiger partial charge in [0.25, 0.3) is 0 Å². The van der Waals surface area contributed by atoms with Crippen LogP contribution in [0.4, 0.5) is 11.4 Å². The molecule has 2 aliphatic rings. The lowest BCUT2D eigenvalue weighted by Crippen LogP contribution is -2.27. The maximum Gasteiger partial charge on any atom is 0.227 e. The van der Waals surface area contributed by atoms with Crippen molar-refractivity contribution in [3.8, 4) is 5.75 Å². The van der Waals surface area contributed by atoms with Crippen molar-refractivity contribution in [3.05, 3.63) is 18.2 Å². The first kappa shape index (κ1) is 15.8. The first-order valence-electron chi connectivity index (χ1n) is 8.19.